The molecule has 3 rings (SSSR count). The van der Waals surface area contributed by atoms with Gasteiger partial charge in [0, 0.05) is 5.56 Å². The highest BCUT2D eigenvalue weighted by Crippen LogP contribution is 2.29. The van der Waals surface area contributed by atoms with E-state index in [1.54, 1.807) is 6.92 Å². The first-order valence-corrected chi connectivity index (χ1v) is 6.33. The highest BCUT2D eigenvalue weighted by Gasteiger charge is 2.16. The minimum atomic E-state index is 0.561. The Labute approximate surface area is 106 Å². The van der Waals surface area contributed by atoms with E-state index in [1.165, 1.54) is 24.0 Å². The Morgan fingerprint density at radius 2 is 2.00 bits per heavy atom. The van der Waals surface area contributed by atoms with Gasteiger partial charge in [-0.1, -0.05) is 17.3 Å². The maximum absolute atomic E-state index is 11.1. The largest absolute Gasteiger partial charge is 0.355 e. The second-order valence-electron chi connectivity index (χ2n) is 4.82. The molecule has 0 amide bonds. The number of aromatic nitrogens is 1. The van der Waals surface area contributed by atoms with Crippen LogP contribution < -0.4 is 0 Å². The fraction of sp³-hybridized carbons (Fsp3) is 0.333. The van der Waals surface area contributed by atoms with Gasteiger partial charge in [0.05, 0.1) is 11.3 Å². The molecule has 0 N–H and O–H groups in total. The molecule has 0 atom stereocenters. The van der Waals surface area contributed by atoms with Crippen LogP contribution in [0.2, 0.25) is 0 Å². The Balaban J connectivity index is 2.09. The Hall–Kier alpha value is -1.90. The average Bonchev–Trinajstić information content (AvgIpc) is 2.79. The number of nitrogens with zero attached hydrogens (tertiary/aromatic N) is 1. The van der Waals surface area contributed by atoms with Crippen LogP contribution >= 0.6 is 0 Å². The summed E-state index contributed by atoms with van der Waals surface area (Å²) < 4.78 is 5.28. The molecule has 3 heteroatoms. The molecule has 0 bridgehead atoms. The SMILES string of the molecule is Cc1noc(-c2ccc3c(c2)CCCC3)c1C=O. The van der Waals surface area contributed by atoms with Crippen molar-refractivity contribution in [1.29, 1.82) is 0 Å². The van der Waals surface area contributed by atoms with Gasteiger partial charge < -0.3 is 4.52 Å². The van der Waals surface area contributed by atoms with E-state index >= 15 is 0 Å². The van der Waals surface area contributed by atoms with Gasteiger partial charge >= 0.3 is 0 Å². The number of hydrogen-bond acceptors (Lipinski definition) is 3. The molecule has 92 valence electrons. The van der Waals surface area contributed by atoms with E-state index in [-0.39, 0.29) is 0 Å². The molecule has 0 radical (unpaired) electrons. The Bertz CT molecular complexity index is 599. The van der Waals surface area contributed by atoms with Crippen molar-refractivity contribution in [3.63, 3.8) is 0 Å². The van der Waals surface area contributed by atoms with E-state index in [1.807, 2.05) is 6.07 Å². The Morgan fingerprint density at radius 3 is 2.78 bits per heavy atom. The number of fused-ring (bicyclic) bond motifs is 1. The van der Waals surface area contributed by atoms with Crippen LogP contribution in [-0.4, -0.2) is 11.4 Å². The molecule has 0 saturated carbocycles. The summed E-state index contributed by atoms with van der Waals surface area (Å²) >= 11 is 0. The maximum Gasteiger partial charge on any atom is 0.177 e. The molecule has 1 aromatic carbocycles. The molecule has 18 heavy (non-hydrogen) atoms. The molecular formula is C15H15NO2. The summed E-state index contributed by atoms with van der Waals surface area (Å²) in [5.74, 6) is 0.593. The quantitative estimate of drug-likeness (QED) is 0.757. The zero-order valence-corrected chi connectivity index (χ0v) is 10.4. The molecule has 0 spiro atoms. The minimum Gasteiger partial charge on any atom is -0.355 e. The monoisotopic (exact) mass is 241 g/mol. The Morgan fingerprint density at radius 1 is 1.22 bits per heavy atom. The van der Waals surface area contributed by atoms with Crippen LogP contribution in [0.1, 0.15) is 40.0 Å². The fourth-order valence-electron chi connectivity index (χ4n) is 2.60. The van der Waals surface area contributed by atoms with Gasteiger partial charge in [-0.25, -0.2) is 0 Å². The van der Waals surface area contributed by atoms with Gasteiger partial charge in [-0.2, -0.15) is 0 Å². The second-order valence-corrected chi connectivity index (χ2v) is 4.82. The third-order valence-electron chi connectivity index (χ3n) is 3.64. The van der Waals surface area contributed by atoms with E-state index < -0.39 is 0 Å². The molecule has 0 aliphatic heterocycles. The first kappa shape index (κ1) is 11.2. The highest BCUT2D eigenvalue weighted by atomic mass is 16.5. The van der Waals surface area contributed by atoms with Crippen LogP contribution in [0.25, 0.3) is 11.3 Å². The first-order chi connectivity index (χ1) is 8.79. The lowest BCUT2D eigenvalue weighted by Crippen LogP contribution is -2.02. The average molecular weight is 241 g/mol. The van der Waals surface area contributed by atoms with E-state index in [0.29, 0.717) is 17.0 Å². The number of aldehydes is 1. The summed E-state index contributed by atoms with van der Waals surface area (Å²) in [5.41, 5.74) is 4.97. The van der Waals surface area contributed by atoms with Gasteiger partial charge in [0.2, 0.25) is 0 Å². The van der Waals surface area contributed by atoms with Crippen molar-refractivity contribution in [2.24, 2.45) is 0 Å². The predicted molar refractivity (Wildman–Crippen MR) is 68.7 cm³/mol. The van der Waals surface area contributed by atoms with Gasteiger partial charge in [-0.3, -0.25) is 4.79 Å². The fourth-order valence-corrected chi connectivity index (χ4v) is 2.60. The number of benzene rings is 1. The number of carbonyl (C=O) groups is 1. The number of carbonyl (C=O) groups excluding carboxylic acids is 1. The summed E-state index contributed by atoms with van der Waals surface area (Å²) in [7, 11) is 0. The normalized spacial score (nSPS) is 14.3. The molecule has 1 aromatic heterocycles. The van der Waals surface area contributed by atoms with Crippen LogP contribution in [0.5, 0.6) is 0 Å². The Kier molecular flexibility index (Phi) is 2.74. The maximum atomic E-state index is 11.1. The number of rotatable bonds is 2. The van der Waals surface area contributed by atoms with Crippen LogP contribution in [0, 0.1) is 6.92 Å². The van der Waals surface area contributed by atoms with Crippen molar-refractivity contribution in [3.8, 4) is 11.3 Å². The predicted octanol–water partition coefficient (Wildman–Crippen LogP) is 3.34. The highest BCUT2D eigenvalue weighted by molar-refractivity contribution is 5.86. The molecule has 0 fully saturated rings. The lowest BCUT2D eigenvalue weighted by atomic mass is 9.89. The van der Waals surface area contributed by atoms with Gasteiger partial charge in [0.15, 0.2) is 12.0 Å². The van der Waals surface area contributed by atoms with E-state index in [4.69, 9.17) is 4.52 Å². The van der Waals surface area contributed by atoms with Gasteiger partial charge in [0.1, 0.15) is 0 Å². The lowest BCUT2D eigenvalue weighted by molar-refractivity contribution is 0.112. The first-order valence-electron chi connectivity index (χ1n) is 6.33. The van der Waals surface area contributed by atoms with Gasteiger partial charge in [-0.15, -0.1) is 0 Å². The van der Waals surface area contributed by atoms with E-state index in [0.717, 1.165) is 24.7 Å². The van der Waals surface area contributed by atoms with Gasteiger partial charge in [-0.05, 0) is 49.8 Å². The summed E-state index contributed by atoms with van der Waals surface area (Å²) in [6.45, 7) is 1.79. The van der Waals surface area contributed by atoms with E-state index in [2.05, 4.69) is 17.3 Å². The summed E-state index contributed by atoms with van der Waals surface area (Å²) in [4.78, 5) is 11.1. The third kappa shape index (κ3) is 1.76. The van der Waals surface area contributed by atoms with Crippen LogP contribution in [0.15, 0.2) is 22.7 Å². The van der Waals surface area contributed by atoms with Crippen molar-refractivity contribution in [2.45, 2.75) is 32.6 Å². The van der Waals surface area contributed by atoms with E-state index in [9.17, 15) is 4.79 Å². The minimum absolute atomic E-state index is 0.561. The van der Waals surface area contributed by atoms with Crippen LogP contribution in [0.3, 0.4) is 0 Å². The smallest absolute Gasteiger partial charge is 0.177 e. The topological polar surface area (TPSA) is 43.1 Å². The molecule has 1 aliphatic carbocycles. The summed E-state index contributed by atoms with van der Waals surface area (Å²) in [6, 6.07) is 6.31. The van der Waals surface area contributed by atoms with Crippen LogP contribution in [0.4, 0.5) is 0 Å². The number of aryl methyl sites for hydroxylation is 3. The molecule has 3 nitrogen and oxygen atoms in total. The second kappa shape index (κ2) is 4.41. The summed E-state index contributed by atoms with van der Waals surface area (Å²) in [5, 5.41) is 3.87. The van der Waals surface area contributed by atoms with Crippen molar-refractivity contribution < 1.29 is 9.32 Å². The van der Waals surface area contributed by atoms with Crippen molar-refractivity contribution >= 4 is 6.29 Å². The lowest BCUT2D eigenvalue weighted by Gasteiger charge is -2.15. The number of hydrogen-bond donors (Lipinski definition) is 0. The molecule has 0 saturated heterocycles. The molecule has 0 unspecified atom stereocenters. The van der Waals surface area contributed by atoms with Crippen molar-refractivity contribution in [1.82, 2.24) is 5.16 Å². The molecule has 1 aliphatic rings. The summed E-state index contributed by atoms with van der Waals surface area (Å²) in [6.07, 6.45) is 5.61. The molecule has 1 heterocycles. The van der Waals surface area contributed by atoms with Gasteiger partial charge in [0.25, 0.3) is 0 Å². The molecule has 2 aromatic rings. The van der Waals surface area contributed by atoms with Crippen LogP contribution in [-0.2, 0) is 12.8 Å². The zero-order chi connectivity index (χ0) is 12.5. The zero-order valence-electron chi connectivity index (χ0n) is 10.4. The van der Waals surface area contributed by atoms with Crippen molar-refractivity contribution in [2.75, 3.05) is 0 Å². The van der Waals surface area contributed by atoms with Crippen molar-refractivity contribution in [3.05, 3.63) is 40.6 Å². The molecular weight excluding hydrogens is 226 g/mol. The standard InChI is InChI=1S/C15H15NO2/c1-10-14(9-17)15(18-16-10)13-7-6-11-4-2-3-5-12(11)8-13/h6-9H,2-5H2,1H3. The third-order valence-corrected chi connectivity index (χ3v) is 3.64.